The first-order valence-electron chi connectivity index (χ1n) is 15.6. The van der Waals surface area contributed by atoms with E-state index >= 15 is 0 Å². The van der Waals surface area contributed by atoms with Crippen LogP contribution in [0.4, 0.5) is 0 Å². The van der Waals surface area contributed by atoms with Crippen molar-refractivity contribution in [2.24, 2.45) is 52.3 Å². The molecule has 0 heterocycles. The Morgan fingerprint density at radius 3 is 2.32 bits per heavy atom. The number of fused-ring (bicyclic) bond motifs is 5. The zero-order valence-corrected chi connectivity index (χ0v) is 24.3. The largest absolute Gasteiger partial charge is 0.481 e. The Labute approximate surface area is 226 Å². The number of unbranched alkanes of at least 4 members (excludes halogenated alkanes) is 1. The molecule has 1 N–H and O–H groups in total. The number of aliphatic carboxylic acids is 1. The Bertz CT molecular complexity index is 832. The summed E-state index contributed by atoms with van der Waals surface area (Å²) in [5, 5.41) is 8.78. The summed E-state index contributed by atoms with van der Waals surface area (Å²) in [6.45, 7) is 12.5. The number of rotatable bonds is 11. The molecule has 3 fully saturated rings. The van der Waals surface area contributed by atoms with Gasteiger partial charge in [0.2, 0.25) is 0 Å². The lowest BCUT2D eigenvalue weighted by molar-refractivity contribution is -0.156. The first-order chi connectivity index (χ1) is 17.5. The fraction of sp³-hybridized carbons (Fsp3) is 0.879. The molecule has 0 amide bonds. The van der Waals surface area contributed by atoms with E-state index in [0.717, 1.165) is 54.8 Å². The summed E-state index contributed by atoms with van der Waals surface area (Å²) in [6.07, 6.45) is 19.6. The van der Waals surface area contributed by atoms with Crippen LogP contribution in [0.3, 0.4) is 0 Å². The van der Waals surface area contributed by atoms with Crippen LogP contribution in [0.25, 0.3) is 0 Å². The van der Waals surface area contributed by atoms with E-state index in [4.69, 9.17) is 9.84 Å². The number of carboxylic acid groups (broad SMARTS) is 1. The third-order valence-electron chi connectivity index (χ3n) is 11.6. The Morgan fingerprint density at radius 1 is 0.892 bits per heavy atom. The van der Waals surface area contributed by atoms with Crippen LogP contribution < -0.4 is 0 Å². The molecule has 0 radical (unpaired) electrons. The second kappa shape index (κ2) is 11.8. The molecule has 210 valence electrons. The van der Waals surface area contributed by atoms with Crippen molar-refractivity contribution in [1.82, 2.24) is 0 Å². The van der Waals surface area contributed by atoms with Gasteiger partial charge in [0.1, 0.15) is 6.10 Å². The third-order valence-corrected chi connectivity index (χ3v) is 11.6. The molecule has 0 aliphatic heterocycles. The summed E-state index contributed by atoms with van der Waals surface area (Å²) in [7, 11) is 0. The van der Waals surface area contributed by atoms with E-state index in [9.17, 15) is 9.59 Å². The molecule has 0 aromatic rings. The van der Waals surface area contributed by atoms with Gasteiger partial charge in [-0.15, -0.1) is 0 Å². The molecule has 0 aromatic carbocycles. The van der Waals surface area contributed by atoms with E-state index in [1.54, 1.807) is 0 Å². The van der Waals surface area contributed by atoms with Crippen LogP contribution in [0, 0.1) is 52.3 Å². The van der Waals surface area contributed by atoms with E-state index in [2.05, 4.69) is 46.8 Å². The van der Waals surface area contributed by atoms with Gasteiger partial charge in [0.15, 0.2) is 0 Å². The Hall–Kier alpha value is -1.32. The minimum absolute atomic E-state index is 0.0163. The van der Waals surface area contributed by atoms with Crippen molar-refractivity contribution in [3.63, 3.8) is 0 Å². The van der Waals surface area contributed by atoms with Crippen LogP contribution in [0.2, 0.25) is 0 Å². The zero-order chi connectivity index (χ0) is 26.8. The maximum atomic E-state index is 12.4. The monoisotopic (exact) mass is 514 g/mol. The summed E-state index contributed by atoms with van der Waals surface area (Å²) in [5.74, 6) is 4.43. The molecule has 37 heavy (non-hydrogen) atoms. The summed E-state index contributed by atoms with van der Waals surface area (Å²) in [6, 6.07) is 0. The highest BCUT2D eigenvalue weighted by Crippen LogP contribution is 2.67. The standard InChI is InChI=1S/C33H54O4/c1-22(2)9-8-10-23(3)27-15-16-28-26-14-13-24-21-25(37-31(36)12-7-6-11-30(34)35)17-19-32(24,4)29(26)18-20-33(27,28)5/h13-14,22-29H,6-12,15-21H2,1-5H3,(H,34,35)/t23-,24?,25?,26+,27-,28+,29+,32+,33-/m0/s1. The summed E-state index contributed by atoms with van der Waals surface area (Å²) < 4.78 is 5.88. The van der Waals surface area contributed by atoms with Gasteiger partial charge in [-0.2, -0.15) is 0 Å². The molecular formula is C33H54O4. The van der Waals surface area contributed by atoms with Crippen molar-refractivity contribution in [1.29, 1.82) is 0 Å². The maximum absolute atomic E-state index is 12.4. The van der Waals surface area contributed by atoms with Crippen molar-refractivity contribution in [3.05, 3.63) is 12.2 Å². The van der Waals surface area contributed by atoms with E-state index in [1.165, 1.54) is 44.9 Å². The van der Waals surface area contributed by atoms with Gasteiger partial charge in [-0.05, 0) is 110 Å². The average Bonchev–Trinajstić information content (AvgIpc) is 3.19. The molecular weight excluding hydrogens is 460 g/mol. The van der Waals surface area contributed by atoms with Gasteiger partial charge in [0.25, 0.3) is 0 Å². The highest BCUT2D eigenvalue weighted by molar-refractivity contribution is 5.70. The van der Waals surface area contributed by atoms with Crippen molar-refractivity contribution >= 4 is 11.9 Å². The second-order valence-corrected chi connectivity index (χ2v) is 14.3. The van der Waals surface area contributed by atoms with Crippen molar-refractivity contribution in [2.75, 3.05) is 0 Å². The average molecular weight is 515 g/mol. The van der Waals surface area contributed by atoms with E-state index < -0.39 is 5.97 Å². The van der Waals surface area contributed by atoms with Crippen LogP contribution in [-0.4, -0.2) is 23.1 Å². The topological polar surface area (TPSA) is 63.6 Å². The molecule has 4 nitrogen and oxygen atoms in total. The number of allylic oxidation sites excluding steroid dienone is 2. The zero-order valence-electron chi connectivity index (χ0n) is 24.3. The van der Waals surface area contributed by atoms with Gasteiger partial charge >= 0.3 is 11.9 Å². The summed E-state index contributed by atoms with van der Waals surface area (Å²) in [4.78, 5) is 23.1. The lowest BCUT2D eigenvalue weighted by Gasteiger charge is -2.59. The first-order valence-corrected chi connectivity index (χ1v) is 15.6. The maximum Gasteiger partial charge on any atom is 0.306 e. The summed E-state index contributed by atoms with van der Waals surface area (Å²) >= 11 is 0. The number of hydrogen-bond acceptors (Lipinski definition) is 3. The quantitative estimate of drug-likeness (QED) is 0.171. The molecule has 9 atom stereocenters. The Balaban J connectivity index is 1.35. The van der Waals surface area contributed by atoms with Gasteiger partial charge in [-0.1, -0.05) is 66.0 Å². The fourth-order valence-corrected chi connectivity index (χ4v) is 9.50. The molecule has 3 saturated carbocycles. The van der Waals surface area contributed by atoms with Gasteiger partial charge < -0.3 is 9.84 Å². The van der Waals surface area contributed by atoms with Crippen LogP contribution in [0.5, 0.6) is 0 Å². The normalized spacial score (nSPS) is 39.5. The molecule has 0 spiro atoms. The minimum Gasteiger partial charge on any atom is -0.481 e. The number of esters is 1. The molecule has 2 unspecified atom stereocenters. The molecule has 0 saturated heterocycles. The van der Waals surface area contributed by atoms with Crippen LogP contribution in [0.15, 0.2) is 12.2 Å². The Morgan fingerprint density at radius 2 is 1.59 bits per heavy atom. The smallest absolute Gasteiger partial charge is 0.306 e. The van der Waals surface area contributed by atoms with Crippen molar-refractivity contribution < 1.29 is 19.4 Å². The molecule has 4 heteroatoms. The fourth-order valence-electron chi connectivity index (χ4n) is 9.50. The molecule has 4 rings (SSSR count). The number of carbonyl (C=O) groups is 2. The number of ether oxygens (including phenoxy) is 1. The van der Waals surface area contributed by atoms with Gasteiger partial charge in [0.05, 0.1) is 0 Å². The van der Waals surface area contributed by atoms with Crippen LogP contribution in [0.1, 0.15) is 125 Å². The predicted molar refractivity (Wildman–Crippen MR) is 149 cm³/mol. The highest BCUT2D eigenvalue weighted by Gasteiger charge is 2.59. The molecule has 0 aromatic heterocycles. The van der Waals surface area contributed by atoms with Crippen LogP contribution >= 0.6 is 0 Å². The predicted octanol–water partition coefficient (Wildman–Crippen LogP) is 8.44. The first kappa shape index (κ1) is 28.7. The van der Waals surface area contributed by atoms with E-state index in [0.29, 0.717) is 36.0 Å². The van der Waals surface area contributed by atoms with Crippen LogP contribution in [-0.2, 0) is 14.3 Å². The Kier molecular flexibility index (Phi) is 9.17. The second-order valence-electron chi connectivity index (χ2n) is 14.3. The number of carboxylic acids is 1. The van der Waals surface area contributed by atoms with E-state index in [1.807, 2.05) is 0 Å². The van der Waals surface area contributed by atoms with Crippen molar-refractivity contribution in [2.45, 2.75) is 131 Å². The molecule has 4 aliphatic rings. The van der Waals surface area contributed by atoms with Crippen molar-refractivity contribution in [3.8, 4) is 0 Å². The number of hydrogen-bond donors (Lipinski definition) is 1. The van der Waals surface area contributed by atoms with Gasteiger partial charge in [0, 0.05) is 12.8 Å². The van der Waals surface area contributed by atoms with E-state index in [-0.39, 0.29) is 18.5 Å². The van der Waals surface area contributed by atoms with Gasteiger partial charge in [-0.25, -0.2) is 0 Å². The summed E-state index contributed by atoms with van der Waals surface area (Å²) in [5.41, 5.74) is 0.825. The SMILES string of the molecule is CC(C)CCC[C@H](C)[C@@H]1CC[C@@H]2[C@H]3C=CC4CC(OC(=O)CCCCC(=O)O)CC[C@@]4(C)[C@@H]3CC[C@]21C. The van der Waals surface area contributed by atoms with Gasteiger partial charge in [-0.3, -0.25) is 9.59 Å². The third kappa shape index (κ3) is 6.14. The lowest BCUT2D eigenvalue weighted by atomic mass is 9.46. The molecule has 4 aliphatic carbocycles. The number of carbonyl (C=O) groups excluding carboxylic acids is 1. The highest BCUT2D eigenvalue weighted by atomic mass is 16.5. The minimum atomic E-state index is -0.797. The molecule has 0 bridgehead atoms. The lowest BCUT2D eigenvalue weighted by Crippen LogP contribution is -2.52.